The van der Waals surface area contributed by atoms with Crippen LogP contribution in [0.3, 0.4) is 0 Å². The summed E-state index contributed by atoms with van der Waals surface area (Å²) in [4.78, 5) is 0. The zero-order valence-electron chi connectivity index (χ0n) is 21.9. The van der Waals surface area contributed by atoms with Crippen molar-refractivity contribution < 1.29 is 8.78 Å². The summed E-state index contributed by atoms with van der Waals surface area (Å²) < 4.78 is 29.9. The predicted octanol–water partition coefficient (Wildman–Crippen LogP) is 10.1. The first kappa shape index (κ1) is 26.3. The summed E-state index contributed by atoms with van der Waals surface area (Å²) in [6, 6.07) is 21.1. The van der Waals surface area contributed by atoms with Crippen LogP contribution in [0.5, 0.6) is 0 Å². The number of allylic oxidation sites excluding steroid dienone is 2. The average Bonchev–Trinajstić information content (AvgIpc) is 2.91. The van der Waals surface area contributed by atoms with Gasteiger partial charge in [0.1, 0.15) is 11.6 Å². The molecule has 0 bridgehead atoms. The van der Waals surface area contributed by atoms with E-state index in [0.29, 0.717) is 12.0 Å². The highest BCUT2D eigenvalue weighted by Crippen LogP contribution is 2.34. The van der Waals surface area contributed by atoms with Crippen LogP contribution in [0.25, 0.3) is 11.1 Å². The fourth-order valence-corrected chi connectivity index (χ4v) is 5.71. The molecular formula is C34H40F2. The van der Waals surface area contributed by atoms with Crippen molar-refractivity contribution in [3.63, 3.8) is 0 Å². The molecule has 0 amide bonds. The molecule has 0 aromatic heterocycles. The van der Waals surface area contributed by atoms with Gasteiger partial charge >= 0.3 is 0 Å². The van der Waals surface area contributed by atoms with E-state index in [0.717, 1.165) is 29.4 Å². The second kappa shape index (κ2) is 13.0. The molecule has 36 heavy (non-hydrogen) atoms. The van der Waals surface area contributed by atoms with Crippen LogP contribution in [0.1, 0.15) is 81.4 Å². The minimum absolute atomic E-state index is 0.0496. The Morgan fingerprint density at radius 3 is 2.03 bits per heavy atom. The van der Waals surface area contributed by atoms with Crippen LogP contribution in [-0.2, 0) is 12.8 Å². The van der Waals surface area contributed by atoms with E-state index in [-0.39, 0.29) is 11.5 Å². The minimum atomic E-state index is -0.460. The Morgan fingerprint density at radius 2 is 1.42 bits per heavy atom. The first-order valence-electron chi connectivity index (χ1n) is 13.8. The van der Waals surface area contributed by atoms with Crippen molar-refractivity contribution in [3.05, 3.63) is 107 Å². The van der Waals surface area contributed by atoms with Gasteiger partial charge in [0.05, 0.1) is 0 Å². The van der Waals surface area contributed by atoms with Gasteiger partial charge in [0.15, 0.2) is 0 Å². The van der Waals surface area contributed by atoms with Gasteiger partial charge in [0.2, 0.25) is 0 Å². The number of benzene rings is 3. The third-order valence-corrected chi connectivity index (χ3v) is 8.09. The molecule has 0 radical (unpaired) electrons. The number of hydrogen-bond acceptors (Lipinski definition) is 0. The lowest BCUT2D eigenvalue weighted by molar-refractivity contribution is 0.254. The molecule has 4 rings (SSSR count). The summed E-state index contributed by atoms with van der Waals surface area (Å²) >= 11 is 0. The molecule has 1 atom stereocenters. The van der Waals surface area contributed by atoms with Gasteiger partial charge in [-0.1, -0.05) is 99.4 Å². The van der Waals surface area contributed by atoms with Gasteiger partial charge < -0.3 is 0 Å². The fraction of sp³-hybridized carbons (Fsp3) is 0.412. The molecule has 0 heterocycles. The van der Waals surface area contributed by atoms with Crippen LogP contribution in [-0.4, -0.2) is 0 Å². The summed E-state index contributed by atoms with van der Waals surface area (Å²) in [6.07, 6.45) is 15.1. The summed E-state index contributed by atoms with van der Waals surface area (Å²) in [5.41, 5.74) is 4.03. The standard InChI is InChI=1S/C34H40F2/c1-3-4-6-9-26-12-14-27(15-13-26)16-17-28-18-20-30(21-19-28)31-23-33(35)32(34(36)24-31)22-25(2)29-10-7-5-8-11-29/h3-5,7-8,10-11,18-21,23-27H,6,9,12-17,22H2,1-2H3/b4-3+/t25-,26?,27?/m1/s1. The molecule has 0 aliphatic heterocycles. The summed E-state index contributed by atoms with van der Waals surface area (Å²) in [7, 11) is 0. The van der Waals surface area contributed by atoms with Crippen molar-refractivity contribution in [3.8, 4) is 11.1 Å². The zero-order chi connectivity index (χ0) is 25.3. The van der Waals surface area contributed by atoms with E-state index >= 15 is 0 Å². The zero-order valence-corrected chi connectivity index (χ0v) is 21.9. The number of rotatable bonds is 10. The SMILES string of the molecule is C/C=C/CCC1CCC(CCc2ccc(-c3cc(F)c(C[C@@H](C)c4ccccc4)c(F)c3)cc2)CC1. The molecule has 190 valence electrons. The van der Waals surface area contributed by atoms with Gasteiger partial charge in [-0.3, -0.25) is 0 Å². The number of aryl methyl sites for hydroxylation is 1. The van der Waals surface area contributed by atoms with Crippen molar-refractivity contribution in [2.45, 2.75) is 77.6 Å². The van der Waals surface area contributed by atoms with E-state index in [9.17, 15) is 8.78 Å². The second-order valence-electron chi connectivity index (χ2n) is 10.7. The molecule has 1 aliphatic carbocycles. The largest absolute Gasteiger partial charge is 0.207 e. The van der Waals surface area contributed by atoms with E-state index < -0.39 is 11.6 Å². The fourth-order valence-electron chi connectivity index (χ4n) is 5.71. The maximum Gasteiger partial charge on any atom is 0.129 e. The molecule has 0 nitrogen and oxygen atoms in total. The molecule has 0 unspecified atom stereocenters. The Hall–Kier alpha value is -2.74. The van der Waals surface area contributed by atoms with Crippen molar-refractivity contribution >= 4 is 0 Å². The van der Waals surface area contributed by atoms with E-state index in [1.807, 2.05) is 49.4 Å². The summed E-state index contributed by atoms with van der Waals surface area (Å²) in [6.45, 7) is 4.11. The first-order chi connectivity index (χ1) is 17.5. The second-order valence-corrected chi connectivity index (χ2v) is 10.7. The van der Waals surface area contributed by atoms with Gasteiger partial charge in [0, 0.05) is 5.56 Å². The van der Waals surface area contributed by atoms with Gasteiger partial charge in [-0.05, 0) is 91.2 Å². The van der Waals surface area contributed by atoms with E-state index in [1.54, 1.807) is 0 Å². The summed E-state index contributed by atoms with van der Waals surface area (Å²) in [5, 5.41) is 0. The maximum atomic E-state index is 14.9. The molecule has 0 saturated heterocycles. The lowest BCUT2D eigenvalue weighted by atomic mass is 9.78. The van der Waals surface area contributed by atoms with Crippen LogP contribution in [0.4, 0.5) is 8.78 Å². The van der Waals surface area contributed by atoms with E-state index in [1.165, 1.54) is 62.6 Å². The molecule has 1 saturated carbocycles. The Bertz CT molecular complexity index is 1080. The molecular weight excluding hydrogens is 446 g/mol. The molecule has 0 N–H and O–H groups in total. The molecule has 2 heteroatoms. The average molecular weight is 487 g/mol. The maximum absolute atomic E-state index is 14.9. The van der Waals surface area contributed by atoms with Crippen molar-refractivity contribution in [2.75, 3.05) is 0 Å². The molecule has 1 fully saturated rings. The Balaban J connectivity index is 1.31. The molecule has 3 aromatic rings. The monoisotopic (exact) mass is 486 g/mol. The van der Waals surface area contributed by atoms with Crippen molar-refractivity contribution in [2.24, 2.45) is 11.8 Å². The van der Waals surface area contributed by atoms with Crippen LogP contribution in [0.2, 0.25) is 0 Å². The third kappa shape index (κ3) is 7.15. The lowest BCUT2D eigenvalue weighted by Gasteiger charge is -2.28. The predicted molar refractivity (Wildman–Crippen MR) is 148 cm³/mol. The van der Waals surface area contributed by atoms with Gasteiger partial charge in [-0.15, -0.1) is 0 Å². The number of halogens is 2. The first-order valence-corrected chi connectivity index (χ1v) is 13.8. The van der Waals surface area contributed by atoms with E-state index in [4.69, 9.17) is 0 Å². The smallest absolute Gasteiger partial charge is 0.129 e. The van der Waals surface area contributed by atoms with E-state index in [2.05, 4.69) is 31.2 Å². The van der Waals surface area contributed by atoms with Crippen molar-refractivity contribution in [1.82, 2.24) is 0 Å². The van der Waals surface area contributed by atoms with Crippen LogP contribution >= 0.6 is 0 Å². The van der Waals surface area contributed by atoms with Gasteiger partial charge in [0.25, 0.3) is 0 Å². The van der Waals surface area contributed by atoms with Gasteiger partial charge in [-0.2, -0.15) is 0 Å². The number of hydrogen-bond donors (Lipinski definition) is 0. The van der Waals surface area contributed by atoms with Crippen LogP contribution in [0.15, 0.2) is 78.9 Å². The Labute approximate surface area is 216 Å². The normalized spacial score (nSPS) is 19.0. The quantitative estimate of drug-likeness (QED) is 0.250. The van der Waals surface area contributed by atoms with Crippen LogP contribution in [0, 0.1) is 23.5 Å². The highest BCUT2D eigenvalue weighted by molar-refractivity contribution is 5.64. The highest BCUT2D eigenvalue weighted by Gasteiger charge is 2.20. The Kier molecular flexibility index (Phi) is 9.50. The third-order valence-electron chi connectivity index (χ3n) is 8.09. The Morgan fingerprint density at radius 1 is 0.806 bits per heavy atom. The van der Waals surface area contributed by atoms with Gasteiger partial charge in [-0.25, -0.2) is 8.78 Å². The topological polar surface area (TPSA) is 0 Å². The minimum Gasteiger partial charge on any atom is -0.207 e. The molecule has 1 aliphatic rings. The van der Waals surface area contributed by atoms with Crippen molar-refractivity contribution in [1.29, 1.82) is 0 Å². The molecule has 0 spiro atoms. The summed E-state index contributed by atoms with van der Waals surface area (Å²) in [5.74, 6) is 0.868. The highest BCUT2D eigenvalue weighted by atomic mass is 19.1. The molecule has 3 aromatic carbocycles. The lowest BCUT2D eigenvalue weighted by Crippen LogP contribution is -2.15. The van der Waals surface area contributed by atoms with Crippen LogP contribution < -0.4 is 0 Å².